The van der Waals surface area contributed by atoms with E-state index >= 15 is 0 Å². The zero-order valence-corrected chi connectivity index (χ0v) is 23.7. The van der Waals surface area contributed by atoms with Gasteiger partial charge in [-0.3, -0.25) is 4.79 Å². The zero-order chi connectivity index (χ0) is 29.1. The van der Waals surface area contributed by atoms with E-state index < -0.39 is 6.04 Å². The molecule has 0 saturated heterocycles. The Hall–Kier alpha value is -4.76. The van der Waals surface area contributed by atoms with Crippen molar-refractivity contribution in [2.45, 2.75) is 12.5 Å². The second-order valence-corrected chi connectivity index (χ2v) is 9.69. The summed E-state index contributed by atoms with van der Waals surface area (Å²) in [5.41, 5.74) is 4.36. The lowest BCUT2D eigenvalue weighted by atomic mass is 10.0. The standard InChI is InChI=1S/C32H33N3O6/c1-35-17-20(23-8-6-7-9-28(23)35)12-21(18-36)33-32(37)25-16-27(34-26-11-10-22(38-2)15-24(25)26)19-13-29(39-3)31(41-5)30(14-19)40-4/h6-11,13-17,21,36H,12,18H2,1-5H3,(H,33,37). The number of rotatable bonds is 10. The predicted octanol–water partition coefficient (Wildman–Crippen LogP) is 4.76. The number of methoxy groups -OCH3 is 4. The highest BCUT2D eigenvalue weighted by Gasteiger charge is 2.21. The van der Waals surface area contributed by atoms with Crippen molar-refractivity contribution < 1.29 is 28.8 Å². The quantitative estimate of drug-likeness (QED) is 0.256. The summed E-state index contributed by atoms with van der Waals surface area (Å²) >= 11 is 0. The number of aliphatic hydroxyl groups excluding tert-OH is 1. The third kappa shape index (κ3) is 5.36. The number of ether oxygens (including phenoxy) is 4. The first-order valence-electron chi connectivity index (χ1n) is 13.1. The van der Waals surface area contributed by atoms with Crippen LogP contribution in [0, 0.1) is 0 Å². The molecule has 1 unspecified atom stereocenters. The first kappa shape index (κ1) is 27.8. The van der Waals surface area contributed by atoms with Gasteiger partial charge in [-0.15, -0.1) is 0 Å². The molecule has 5 aromatic rings. The fraction of sp³-hybridized carbons (Fsp3) is 0.250. The van der Waals surface area contributed by atoms with E-state index in [0.29, 0.717) is 57.1 Å². The molecule has 0 aliphatic heterocycles. The van der Waals surface area contributed by atoms with Gasteiger partial charge in [-0.05, 0) is 54.4 Å². The first-order valence-corrected chi connectivity index (χ1v) is 13.1. The lowest BCUT2D eigenvalue weighted by molar-refractivity contribution is 0.0918. The predicted molar refractivity (Wildman–Crippen MR) is 158 cm³/mol. The molecule has 212 valence electrons. The number of hydrogen-bond donors (Lipinski definition) is 2. The number of fused-ring (bicyclic) bond motifs is 2. The van der Waals surface area contributed by atoms with E-state index in [0.717, 1.165) is 16.5 Å². The molecule has 0 spiro atoms. The van der Waals surface area contributed by atoms with Gasteiger partial charge in [0.15, 0.2) is 11.5 Å². The summed E-state index contributed by atoms with van der Waals surface area (Å²) in [6, 6.07) is 18.3. The van der Waals surface area contributed by atoms with Crippen LogP contribution in [0.25, 0.3) is 33.1 Å². The minimum absolute atomic E-state index is 0.221. The highest BCUT2D eigenvalue weighted by Crippen LogP contribution is 2.41. The number of aryl methyl sites for hydroxylation is 1. The van der Waals surface area contributed by atoms with E-state index in [4.69, 9.17) is 23.9 Å². The van der Waals surface area contributed by atoms with Gasteiger partial charge >= 0.3 is 0 Å². The van der Waals surface area contributed by atoms with Crippen molar-refractivity contribution in [1.82, 2.24) is 14.9 Å². The molecule has 2 heterocycles. The van der Waals surface area contributed by atoms with Crippen molar-refractivity contribution in [3.63, 3.8) is 0 Å². The Bertz CT molecular complexity index is 1700. The maximum absolute atomic E-state index is 13.9. The second kappa shape index (κ2) is 11.8. The van der Waals surface area contributed by atoms with Crippen molar-refractivity contribution in [3.8, 4) is 34.3 Å². The number of aliphatic hydroxyl groups is 1. The number of benzene rings is 3. The average Bonchev–Trinajstić information content (AvgIpc) is 3.33. The molecule has 2 N–H and O–H groups in total. The van der Waals surface area contributed by atoms with Gasteiger partial charge in [-0.2, -0.15) is 0 Å². The summed E-state index contributed by atoms with van der Waals surface area (Å²) in [4.78, 5) is 18.7. The Morgan fingerprint density at radius 2 is 1.66 bits per heavy atom. The first-order chi connectivity index (χ1) is 19.9. The molecule has 41 heavy (non-hydrogen) atoms. The van der Waals surface area contributed by atoms with Crippen LogP contribution >= 0.6 is 0 Å². The number of amides is 1. The van der Waals surface area contributed by atoms with Crippen molar-refractivity contribution >= 4 is 27.7 Å². The van der Waals surface area contributed by atoms with Gasteiger partial charge in [0.25, 0.3) is 5.91 Å². The number of nitrogens with one attached hydrogen (secondary N) is 1. The molecule has 9 heteroatoms. The fourth-order valence-electron chi connectivity index (χ4n) is 5.17. The Balaban J connectivity index is 1.56. The maximum atomic E-state index is 13.9. The van der Waals surface area contributed by atoms with Crippen LogP contribution in [0.1, 0.15) is 15.9 Å². The van der Waals surface area contributed by atoms with Crippen LogP contribution in [0.3, 0.4) is 0 Å². The highest BCUT2D eigenvalue weighted by atomic mass is 16.5. The van der Waals surface area contributed by atoms with E-state index in [-0.39, 0.29) is 12.5 Å². The van der Waals surface area contributed by atoms with Gasteiger partial charge in [-0.1, -0.05) is 18.2 Å². The van der Waals surface area contributed by atoms with Crippen LogP contribution in [0.15, 0.2) is 66.9 Å². The summed E-state index contributed by atoms with van der Waals surface area (Å²) in [6.07, 6.45) is 2.50. The lowest BCUT2D eigenvalue weighted by Crippen LogP contribution is -2.39. The minimum atomic E-state index is -0.508. The van der Waals surface area contributed by atoms with Crippen molar-refractivity contribution in [1.29, 1.82) is 0 Å². The number of pyridine rings is 1. The smallest absolute Gasteiger partial charge is 0.252 e. The summed E-state index contributed by atoms with van der Waals surface area (Å²) in [5, 5.41) is 15.0. The molecule has 9 nitrogen and oxygen atoms in total. The van der Waals surface area contributed by atoms with E-state index in [9.17, 15) is 9.90 Å². The fourth-order valence-corrected chi connectivity index (χ4v) is 5.17. The molecule has 0 aliphatic rings. The number of nitrogens with zero attached hydrogens (tertiary/aromatic N) is 2. The lowest BCUT2D eigenvalue weighted by Gasteiger charge is -2.18. The molecule has 1 amide bonds. The van der Waals surface area contributed by atoms with Crippen LogP contribution in [0.4, 0.5) is 0 Å². The normalized spacial score (nSPS) is 11.9. The van der Waals surface area contributed by atoms with E-state index in [1.54, 1.807) is 58.8 Å². The number of para-hydroxylation sites is 1. The largest absolute Gasteiger partial charge is 0.497 e. The monoisotopic (exact) mass is 555 g/mol. The maximum Gasteiger partial charge on any atom is 0.252 e. The van der Waals surface area contributed by atoms with Gasteiger partial charge in [0.05, 0.1) is 57.9 Å². The Kier molecular flexibility index (Phi) is 7.98. The zero-order valence-electron chi connectivity index (χ0n) is 23.7. The average molecular weight is 556 g/mol. The molecule has 0 fully saturated rings. The van der Waals surface area contributed by atoms with Gasteiger partial charge in [-0.25, -0.2) is 4.98 Å². The summed E-state index contributed by atoms with van der Waals surface area (Å²) < 4.78 is 24.0. The van der Waals surface area contributed by atoms with Crippen LogP contribution in [0.5, 0.6) is 23.0 Å². The van der Waals surface area contributed by atoms with Crippen LogP contribution in [-0.4, -0.2) is 61.7 Å². The number of hydrogen-bond acceptors (Lipinski definition) is 7. The van der Waals surface area contributed by atoms with Crippen LogP contribution in [0.2, 0.25) is 0 Å². The number of carbonyl (C=O) groups is 1. The molecule has 1 atom stereocenters. The van der Waals surface area contributed by atoms with Crippen LogP contribution in [-0.2, 0) is 13.5 Å². The molecule has 2 aromatic heterocycles. The molecule has 5 rings (SSSR count). The Morgan fingerprint density at radius 3 is 2.32 bits per heavy atom. The number of carbonyl (C=O) groups excluding carboxylic acids is 1. The Morgan fingerprint density at radius 1 is 0.927 bits per heavy atom. The van der Waals surface area contributed by atoms with Crippen LogP contribution < -0.4 is 24.3 Å². The summed E-state index contributed by atoms with van der Waals surface area (Å²) in [6.45, 7) is -0.221. The van der Waals surface area contributed by atoms with Gasteiger partial charge in [0.1, 0.15) is 5.75 Å². The third-order valence-corrected chi connectivity index (χ3v) is 7.22. The van der Waals surface area contributed by atoms with Crippen molar-refractivity contribution in [2.24, 2.45) is 7.05 Å². The third-order valence-electron chi connectivity index (χ3n) is 7.22. The topological polar surface area (TPSA) is 104 Å². The molecular formula is C32H33N3O6. The van der Waals surface area contributed by atoms with Crippen molar-refractivity contribution in [2.75, 3.05) is 35.0 Å². The molecular weight excluding hydrogens is 522 g/mol. The highest BCUT2D eigenvalue weighted by molar-refractivity contribution is 6.07. The van der Waals surface area contributed by atoms with Gasteiger partial charge < -0.3 is 33.9 Å². The molecule has 0 saturated carbocycles. The van der Waals surface area contributed by atoms with Crippen molar-refractivity contribution in [3.05, 3.63) is 78.0 Å². The molecule has 0 radical (unpaired) electrons. The van der Waals surface area contributed by atoms with Gasteiger partial charge in [0, 0.05) is 35.1 Å². The Labute approximate surface area is 238 Å². The summed E-state index contributed by atoms with van der Waals surface area (Å²) in [7, 11) is 8.19. The molecule has 3 aromatic carbocycles. The summed E-state index contributed by atoms with van der Waals surface area (Å²) in [5.74, 6) is 1.67. The molecule has 0 aliphatic carbocycles. The minimum Gasteiger partial charge on any atom is -0.497 e. The molecule has 0 bridgehead atoms. The van der Waals surface area contributed by atoms with E-state index in [1.807, 2.05) is 48.1 Å². The van der Waals surface area contributed by atoms with E-state index in [2.05, 4.69) is 5.32 Å². The second-order valence-electron chi connectivity index (χ2n) is 9.69. The van der Waals surface area contributed by atoms with Gasteiger partial charge in [0.2, 0.25) is 5.75 Å². The SMILES string of the molecule is COc1ccc2nc(-c3cc(OC)c(OC)c(OC)c3)cc(C(=O)NC(CO)Cc3cn(C)c4ccccc34)c2c1. The number of aromatic nitrogens is 2. The van der Waals surface area contributed by atoms with E-state index in [1.165, 1.54) is 0 Å².